The molecule has 25 heavy (non-hydrogen) atoms. The number of benzene rings is 1. The number of aromatic nitrogens is 2. The molecule has 130 valence electrons. The largest absolute Gasteiger partial charge is 0.494 e. The van der Waals surface area contributed by atoms with Gasteiger partial charge >= 0.3 is 0 Å². The summed E-state index contributed by atoms with van der Waals surface area (Å²) in [6, 6.07) is 8.29. The highest BCUT2D eigenvalue weighted by Gasteiger charge is 2.30. The molecule has 0 N–H and O–H groups in total. The first-order chi connectivity index (χ1) is 12.2. The molecule has 1 aromatic carbocycles. The molecule has 1 aliphatic rings. The molecule has 0 unspecified atom stereocenters. The van der Waals surface area contributed by atoms with Gasteiger partial charge in [0, 0.05) is 24.3 Å². The summed E-state index contributed by atoms with van der Waals surface area (Å²) in [5.41, 5.74) is 2.02. The van der Waals surface area contributed by atoms with Gasteiger partial charge < -0.3 is 9.64 Å². The molecule has 1 atom stereocenters. The van der Waals surface area contributed by atoms with Crippen LogP contribution in [0.25, 0.3) is 4.96 Å². The number of rotatable bonds is 5. The predicted octanol–water partition coefficient (Wildman–Crippen LogP) is 3.70. The molecule has 0 aliphatic carbocycles. The molecule has 0 bridgehead atoms. The van der Waals surface area contributed by atoms with Gasteiger partial charge in [-0.25, -0.2) is 4.98 Å². The summed E-state index contributed by atoms with van der Waals surface area (Å²) in [6.07, 6.45) is 6.34. The van der Waals surface area contributed by atoms with Crippen molar-refractivity contribution in [3.05, 3.63) is 53.3 Å². The average molecular weight is 355 g/mol. The van der Waals surface area contributed by atoms with E-state index in [9.17, 15) is 4.79 Å². The first kappa shape index (κ1) is 16.1. The van der Waals surface area contributed by atoms with E-state index in [4.69, 9.17) is 4.74 Å². The Bertz CT molecular complexity index is 840. The lowest BCUT2D eigenvalue weighted by atomic mass is 10.0. The van der Waals surface area contributed by atoms with Crippen LogP contribution in [0.5, 0.6) is 5.75 Å². The van der Waals surface area contributed by atoms with Gasteiger partial charge in [0.25, 0.3) is 0 Å². The summed E-state index contributed by atoms with van der Waals surface area (Å²) in [5, 5.41) is 2.00. The van der Waals surface area contributed by atoms with E-state index in [1.807, 2.05) is 46.1 Å². The normalized spacial score (nSPS) is 17.3. The smallest absolute Gasteiger partial charge is 0.229 e. The molecule has 0 spiro atoms. The number of fused-ring (bicyclic) bond motifs is 1. The van der Waals surface area contributed by atoms with Crippen LogP contribution in [-0.4, -0.2) is 33.3 Å². The van der Waals surface area contributed by atoms with Crippen LogP contribution in [0.2, 0.25) is 0 Å². The first-order valence-corrected chi connectivity index (χ1v) is 9.56. The zero-order chi connectivity index (χ0) is 17.2. The monoisotopic (exact) mass is 355 g/mol. The summed E-state index contributed by atoms with van der Waals surface area (Å²) in [5.74, 6) is 1.03. The molecule has 1 amide bonds. The fourth-order valence-corrected chi connectivity index (χ4v) is 4.20. The number of carbonyl (C=O) groups excluding carboxylic acids is 1. The molecule has 0 radical (unpaired) electrons. The van der Waals surface area contributed by atoms with E-state index < -0.39 is 0 Å². The number of hydrogen-bond donors (Lipinski definition) is 0. The van der Waals surface area contributed by atoms with Gasteiger partial charge in [-0.1, -0.05) is 12.1 Å². The van der Waals surface area contributed by atoms with E-state index in [-0.39, 0.29) is 11.9 Å². The molecular weight excluding hydrogens is 334 g/mol. The second kappa shape index (κ2) is 6.88. The van der Waals surface area contributed by atoms with E-state index >= 15 is 0 Å². The molecule has 6 heteroatoms. The maximum Gasteiger partial charge on any atom is 0.229 e. The fraction of sp³-hybridized carbons (Fsp3) is 0.368. The predicted molar refractivity (Wildman–Crippen MR) is 98.1 cm³/mol. The Labute approximate surface area is 150 Å². The third-order valence-electron chi connectivity index (χ3n) is 4.62. The number of ether oxygens (including phenoxy) is 1. The van der Waals surface area contributed by atoms with Gasteiger partial charge in [-0.05, 0) is 37.5 Å². The number of likely N-dealkylation sites (tertiary alicyclic amines) is 1. The summed E-state index contributed by atoms with van der Waals surface area (Å²) in [4.78, 5) is 20.3. The lowest BCUT2D eigenvalue weighted by Gasteiger charge is -2.25. The zero-order valence-electron chi connectivity index (χ0n) is 14.2. The van der Waals surface area contributed by atoms with Crippen LogP contribution in [0.4, 0.5) is 0 Å². The SMILES string of the molecule is CCOc1ccc([C@@H]2CCCN2C(=O)Cc2cn3ccsc3n2)cc1. The van der Waals surface area contributed by atoms with Gasteiger partial charge in [0.05, 0.1) is 24.8 Å². The number of thiazole rings is 1. The minimum atomic E-state index is 0.155. The molecule has 0 saturated carbocycles. The minimum absolute atomic E-state index is 0.155. The van der Waals surface area contributed by atoms with Crippen molar-refractivity contribution in [2.24, 2.45) is 0 Å². The molecule has 3 heterocycles. The van der Waals surface area contributed by atoms with Crippen LogP contribution in [0.3, 0.4) is 0 Å². The highest BCUT2D eigenvalue weighted by Crippen LogP contribution is 2.33. The second-order valence-electron chi connectivity index (χ2n) is 6.25. The van der Waals surface area contributed by atoms with Crippen molar-refractivity contribution in [2.75, 3.05) is 13.2 Å². The third-order valence-corrected chi connectivity index (χ3v) is 5.40. The lowest BCUT2D eigenvalue weighted by Crippen LogP contribution is -2.31. The van der Waals surface area contributed by atoms with E-state index in [0.717, 1.165) is 35.8 Å². The van der Waals surface area contributed by atoms with Crippen molar-refractivity contribution in [2.45, 2.75) is 32.2 Å². The molecule has 1 saturated heterocycles. The molecule has 3 aromatic rings. The number of amides is 1. The number of imidazole rings is 1. The van der Waals surface area contributed by atoms with Crippen LogP contribution in [-0.2, 0) is 11.2 Å². The summed E-state index contributed by atoms with van der Waals surface area (Å²) < 4.78 is 7.48. The molecule has 1 fully saturated rings. The standard InChI is InChI=1S/C19H21N3O2S/c1-2-24-16-7-5-14(6-8-16)17-4-3-9-22(17)18(23)12-15-13-21-10-11-25-19(21)20-15/h5-8,10-11,13,17H,2-4,9,12H2,1H3/t17-/m0/s1. The molecule has 1 aliphatic heterocycles. The lowest BCUT2D eigenvalue weighted by molar-refractivity contribution is -0.131. The second-order valence-corrected chi connectivity index (χ2v) is 7.12. The van der Waals surface area contributed by atoms with Crippen molar-refractivity contribution in [1.29, 1.82) is 0 Å². The topological polar surface area (TPSA) is 46.8 Å². The van der Waals surface area contributed by atoms with E-state index in [2.05, 4.69) is 17.1 Å². The minimum Gasteiger partial charge on any atom is -0.494 e. The average Bonchev–Trinajstić information content (AvgIpc) is 3.31. The Morgan fingerprint density at radius 2 is 2.20 bits per heavy atom. The van der Waals surface area contributed by atoms with Crippen LogP contribution < -0.4 is 4.74 Å². The van der Waals surface area contributed by atoms with Gasteiger partial charge in [-0.15, -0.1) is 11.3 Å². The van der Waals surface area contributed by atoms with E-state index in [1.165, 1.54) is 5.56 Å². The van der Waals surface area contributed by atoms with Crippen molar-refractivity contribution >= 4 is 22.2 Å². The third kappa shape index (κ3) is 3.26. The van der Waals surface area contributed by atoms with Crippen molar-refractivity contribution in [3.8, 4) is 5.75 Å². The Morgan fingerprint density at radius 1 is 1.36 bits per heavy atom. The van der Waals surface area contributed by atoms with Crippen LogP contribution in [0.1, 0.15) is 37.1 Å². The highest BCUT2D eigenvalue weighted by molar-refractivity contribution is 7.15. The Kier molecular flexibility index (Phi) is 4.44. The van der Waals surface area contributed by atoms with Gasteiger partial charge in [0.15, 0.2) is 4.96 Å². The number of hydrogen-bond acceptors (Lipinski definition) is 4. The van der Waals surface area contributed by atoms with Crippen molar-refractivity contribution in [3.63, 3.8) is 0 Å². The maximum atomic E-state index is 12.8. The summed E-state index contributed by atoms with van der Waals surface area (Å²) in [6.45, 7) is 3.46. The number of carbonyl (C=O) groups is 1. The molecule has 5 nitrogen and oxygen atoms in total. The van der Waals surface area contributed by atoms with E-state index in [0.29, 0.717) is 13.0 Å². The van der Waals surface area contributed by atoms with Crippen LogP contribution in [0.15, 0.2) is 42.0 Å². The molecule has 2 aromatic heterocycles. The van der Waals surface area contributed by atoms with Crippen LogP contribution >= 0.6 is 11.3 Å². The van der Waals surface area contributed by atoms with Crippen molar-refractivity contribution in [1.82, 2.24) is 14.3 Å². The van der Waals surface area contributed by atoms with Crippen molar-refractivity contribution < 1.29 is 9.53 Å². The fourth-order valence-electron chi connectivity index (χ4n) is 3.48. The van der Waals surface area contributed by atoms with Gasteiger partial charge in [0.2, 0.25) is 5.91 Å². The van der Waals surface area contributed by atoms with Gasteiger partial charge in [0.1, 0.15) is 5.75 Å². The Morgan fingerprint density at radius 3 is 2.96 bits per heavy atom. The highest BCUT2D eigenvalue weighted by atomic mass is 32.1. The Balaban J connectivity index is 1.48. The Hall–Kier alpha value is -2.34. The zero-order valence-corrected chi connectivity index (χ0v) is 15.0. The van der Waals surface area contributed by atoms with E-state index in [1.54, 1.807) is 11.3 Å². The van der Waals surface area contributed by atoms with Crippen LogP contribution in [0, 0.1) is 0 Å². The number of nitrogens with zero attached hydrogens (tertiary/aromatic N) is 3. The molecular formula is C19H21N3O2S. The van der Waals surface area contributed by atoms with Gasteiger partial charge in [-0.2, -0.15) is 0 Å². The summed E-state index contributed by atoms with van der Waals surface area (Å²) in [7, 11) is 0. The first-order valence-electron chi connectivity index (χ1n) is 8.68. The molecule has 4 rings (SSSR count). The van der Waals surface area contributed by atoms with Gasteiger partial charge in [-0.3, -0.25) is 9.20 Å². The quantitative estimate of drug-likeness (QED) is 0.701. The maximum absolute atomic E-state index is 12.8. The summed E-state index contributed by atoms with van der Waals surface area (Å²) >= 11 is 1.59.